The molecular weight excluding hydrogens is 226 g/mol. The number of nitrogens with one attached hydrogen (secondary N) is 1. The molecule has 0 radical (unpaired) electrons. The summed E-state index contributed by atoms with van der Waals surface area (Å²) in [7, 11) is -1.04. The minimum absolute atomic E-state index is 0.371. The Balaban J connectivity index is 2.25. The number of carbonyl (C=O) groups excluding carboxylic acids is 1. The highest BCUT2D eigenvalue weighted by atomic mass is 32.3. The van der Waals surface area contributed by atoms with Gasteiger partial charge in [-0.15, -0.1) is 0 Å². The van der Waals surface area contributed by atoms with Crippen LogP contribution in [0.15, 0.2) is 29.2 Å². The molecule has 1 aromatic carbocycles. The highest BCUT2D eigenvalue weighted by molar-refractivity contribution is 8.01. The van der Waals surface area contributed by atoms with Gasteiger partial charge in [0.15, 0.2) is 0 Å². The van der Waals surface area contributed by atoms with Gasteiger partial charge >= 0.3 is 5.97 Å². The largest absolute Gasteiger partial charge is 0.465 e. The lowest BCUT2D eigenvalue weighted by Crippen LogP contribution is -2.26. The van der Waals surface area contributed by atoms with Gasteiger partial charge in [0.05, 0.1) is 12.7 Å². The Kier molecular flexibility index (Phi) is 3.07. The molecule has 1 aliphatic heterocycles. The zero-order valence-corrected chi connectivity index (χ0v) is 10.00. The molecule has 4 nitrogen and oxygen atoms in total. The molecule has 0 aliphatic carbocycles. The van der Waals surface area contributed by atoms with Crippen molar-refractivity contribution in [2.45, 2.75) is 11.3 Å². The van der Waals surface area contributed by atoms with Crippen LogP contribution in [0.4, 0.5) is 0 Å². The maximum absolute atomic E-state index is 12.3. The van der Waals surface area contributed by atoms with Crippen molar-refractivity contribution in [2.24, 2.45) is 0 Å². The van der Waals surface area contributed by atoms with Gasteiger partial charge in [-0.05, 0) is 40.8 Å². The van der Waals surface area contributed by atoms with Crippen molar-refractivity contribution >= 4 is 16.1 Å². The molecule has 0 saturated carbocycles. The fourth-order valence-electron chi connectivity index (χ4n) is 1.82. The molecule has 1 N–H and O–H groups in total. The standard InChI is InChI=1S/C11H15NO3S/c1-15-11(13)9-3-5-10(6-4-9)16(14)8-2-7-12-16/h3-6,16H,2,7-8H2,1H3,(H,12,14). The average molecular weight is 241 g/mol. The summed E-state index contributed by atoms with van der Waals surface area (Å²) in [5.41, 5.74) is 0.483. The number of hydrogen-bond donors (Lipinski definition) is 2. The minimum Gasteiger partial charge on any atom is -0.465 e. The van der Waals surface area contributed by atoms with E-state index >= 15 is 0 Å². The van der Waals surface area contributed by atoms with Crippen molar-refractivity contribution < 1.29 is 13.7 Å². The molecule has 1 heterocycles. The molecule has 1 aromatic rings. The first-order chi connectivity index (χ1) is 7.65. The number of benzene rings is 1. The Bertz CT molecular complexity index is 431. The van der Waals surface area contributed by atoms with E-state index in [1.807, 2.05) is 0 Å². The molecule has 1 saturated heterocycles. The van der Waals surface area contributed by atoms with Gasteiger partial charge in [0.25, 0.3) is 0 Å². The molecule has 0 atom stereocenters. The van der Waals surface area contributed by atoms with Crippen molar-refractivity contribution in [2.75, 3.05) is 19.4 Å². The van der Waals surface area contributed by atoms with Crippen LogP contribution in [0.5, 0.6) is 0 Å². The maximum atomic E-state index is 12.3. The van der Waals surface area contributed by atoms with Crippen LogP contribution in [-0.2, 0) is 14.9 Å². The summed E-state index contributed by atoms with van der Waals surface area (Å²) >= 11 is 0. The molecule has 0 unspecified atom stereocenters. The molecule has 1 fully saturated rings. The first-order valence-corrected chi connectivity index (χ1v) is 7.08. The van der Waals surface area contributed by atoms with Crippen LogP contribution < -0.4 is 4.72 Å². The van der Waals surface area contributed by atoms with Gasteiger partial charge < -0.3 is 4.74 Å². The Labute approximate surface area is 95.6 Å². The second-order valence-electron chi connectivity index (χ2n) is 3.76. The number of rotatable bonds is 2. The lowest BCUT2D eigenvalue weighted by Gasteiger charge is -2.18. The fourth-order valence-corrected chi connectivity index (χ4v) is 4.17. The van der Waals surface area contributed by atoms with Crippen molar-refractivity contribution in [3.05, 3.63) is 29.8 Å². The van der Waals surface area contributed by atoms with Crippen molar-refractivity contribution in [1.29, 1.82) is 0 Å². The van der Waals surface area contributed by atoms with Crippen LogP contribution >= 0.6 is 0 Å². The second-order valence-corrected chi connectivity index (χ2v) is 6.52. The molecule has 88 valence electrons. The summed E-state index contributed by atoms with van der Waals surface area (Å²) in [5.74, 6) is 0.328. The van der Waals surface area contributed by atoms with E-state index < -0.39 is 10.1 Å². The fraction of sp³-hybridized carbons (Fsp3) is 0.364. The second kappa shape index (κ2) is 4.35. The summed E-state index contributed by atoms with van der Waals surface area (Å²) in [6, 6.07) is 6.79. The first kappa shape index (κ1) is 11.3. The minimum atomic E-state index is -2.38. The summed E-state index contributed by atoms with van der Waals surface area (Å²) < 4.78 is 20.0. The molecule has 0 spiro atoms. The smallest absolute Gasteiger partial charge is 0.337 e. The molecule has 16 heavy (non-hydrogen) atoms. The maximum Gasteiger partial charge on any atom is 0.337 e. The Morgan fingerprint density at radius 2 is 2.06 bits per heavy atom. The van der Waals surface area contributed by atoms with Crippen molar-refractivity contribution in [3.8, 4) is 0 Å². The van der Waals surface area contributed by atoms with Gasteiger partial charge in [-0.3, -0.25) is 8.93 Å². The monoisotopic (exact) mass is 241 g/mol. The average Bonchev–Trinajstić information content (AvgIpc) is 2.77. The highest BCUT2D eigenvalue weighted by Crippen LogP contribution is 2.21. The van der Waals surface area contributed by atoms with Crippen LogP contribution in [0.3, 0.4) is 0 Å². The number of ether oxygens (including phenoxy) is 1. The van der Waals surface area contributed by atoms with Crippen LogP contribution in [0, 0.1) is 0 Å². The predicted octanol–water partition coefficient (Wildman–Crippen LogP) is 0.757. The zero-order chi connectivity index (χ0) is 11.6. The van der Waals surface area contributed by atoms with E-state index in [9.17, 15) is 9.00 Å². The Morgan fingerprint density at radius 3 is 2.56 bits per heavy atom. The summed E-state index contributed by atoms with van der Waals surface area (Å²) in [6.45, 7) is 0.802. The van der Waals surface area contributed by atoms with Crippen LogP contribution in [0.2, 0.25) is 0 Å². The van der Waals surface area contributed by atoms with E-state index in [1.54, 1.807) is 24.3 Å². The van der Waals surface area contributed by atoms with Gasteiger partial charge in [-0.2, -0.15) is 0 Å². The Hall–Kier alpha value is -1.20. The topological polar surface area (TPSA) is 55.4 Å². The number of esters is 1. The van der Waals surface area contributed by atoms with Gasteiger partial charge in [0.2, 0.25) is 0 Å². The lowest BCUT2D eigenvalue weighted by atomic mass is 10.2. The van der Waals surface area contributed by atoms with Gasteiger partial charge in [-0.1, -0.05) is 0 Å². The molecule has 0 aromatic heterocycles. The van der Waals surface area contributed by atoms with Gasteiger partial charge in [0, 0.05) is 17.2 Å². The molecule has 0 amide bonds. The molecule has 5 heteroatoms. The number of methoxy groups -OCH3 is 1. The third-order valence-corrected chi connectivity index (χ3v) is 5.54. The summed E-state index contributed by atoms with van der Waals surface area (Å²) in [5, 5.41) is 0. The van der Waals surface area contributed by atoms with Crippen molar-refractivity contribution in [3.63, 3.8) is 0 Å². The highest BCUT2D eigenvalue weighted by Gasteiger charge is 2.22. The number of carbonyl (C=O) groups is 1. The van der Waals surface area contributed by atoms with Gasteiger partial charge in [0.1, 0.15) is 0 Å². The van der Waals surface area contributed by atoms with E-state index in [0.717, 1.165) is 17.9 Å². The predicted molar refractivity (Wildman–Crippen MR) is 63.1 cm³/mol. The van der Waals surface area contributed by atoms with Crippen LogP contribution in [0.25, 0.3) is 0 Å². The van der Waals surface area contributed by atoms with Gasteiger partial charge in [-0.25, -0.2) is 4.79 Å². The van der Waals surface area contributed by atoms with Crippen LogP contribution in [0.1, 0.15) is 16.8 Å². The summed E-state index contributed by atoms with van der Waals surface area (Å²) in [4.78, 5) is 12.0. The number of hydrogen-bond acceptors (Lipinski definition) is 3. The molecular formula is C11H15NO3S. The molecule has 1 aliphatic rings. The third kappa shape index (κ3) is 2.01. The van der Waals surface area contributed by atoms with E-state index in [-0.39, 0.29) is 5.97 Å². The zero-order valence-electron chi connectivity index (χ0n) is 9.10. The van der Waals surface area contributed by atoms with Crippen molar-refractivity contribution in [1.82, 2.24) is 4.72 Å². The third-order valence-electron chi connectivity index (χ3n) is 2.72. The number of thiol groups is 1. The molecule has 2 rings (SSSR count). The van der Waals surface area contributed by atoms with E-state index in [0.29, 0.717) is 11.3 Å². The Morgan fingerprint density at radius 1 is 1.38 bits per heavy atom. The molecule has 0 bridgehead atoms. The van der Waals surface area contributed by atoms with E-state index in [2.05, 4.69) is 9.46 Å². The first-order valence-electron chi connectivity index (χ1n) is 5.19. The SMILES string of the molecule is COC(=O)c1ccc([SH]2(=O)CCCN2)cc1. The lowest BCUT2D eigenvalue weighted by molar-refractivity contribution is 0.0600. The van der Waals surface area contributed by atoms with E-state index in [4.69, 9.17) is 0 Å². The summed E-state index contributed by atoms with van der Waals surface area (Å²) in [6.07, 6.45) is 0.941. The van der Waals surface area contributed by atoms with E-state index in [1.165, 1.54) is 7.11 Å². The normalized spacial score (nSPS) is 20.3. The van der Waals surface area contributed by atoms with Crippen LogP contribution in [-0.4, -0.2) is 29.6 Å². The quantitative estimate of drug-likeness (QED) is 0.593.